The highest BCUT2D eigenvalue weighted by Crippen LogP contribution is 2.43. The van der Waals surface area contributed by atoms with Gasteiger partial charge >= 0.3 is 11.6 Å². The molecular weight excluding hydrogens is 292 g/mol. The second-order valence-corrected chi connectivity index (χ2v) is 6.85. The summed E-state index contributed by atoms with van der Waals surface area (Å²) in [6, 6.07) is 7.30. The Morgan fingerprint density at radius 1 is 1.22 bits per heavy atom. The third-order valence-corrected chi connectivity index (χ3v) is 3.65. The van der Waals surface area contributed by atoms with Gasteiger partial charge in [0.2, 0.25) is 0 Å². The van der Waals surface area contributed by atoms with Crippen LogP contribution < -0.4 is 5.63 Å². The average molecular weight is 312 g/mol. The largest absolute Gasteiger partial charge is 0.457 e. The maximum absolute atomic E-state index is 12.1. The summed E-state index contributed by atoms with van der Waals surface area (Å²) in [7, 11) is 0. The van der Waals surface area contributed by atoms with Crippen LogP contribution in [0.15, 0.2) is 39.6 Å². The third-order valence-electron chi connectivity index (χ3n) is 3.65. The van der Waals surface area contributed by atoms with Gasteiger partial charge in [-0.3, -0.25) is 0 Å². The van der Waals surface area contributed by atoms with E-state index in [1.165, 1.54) is 6.08 Å². The number of hydrogen-bond acceptors (Lipinski definition) is 4. The normalized spacial score (nSPS) is 15.3. The van der Waals surface area contributed by atoms with Gasteiger partial charge in [0.25, 0.3) is 0 Å². The van der Waals surface area contributed by atoms with Crippen LogP contribution in [0.1, 0.15) is 50.9 Å². The molecule has 1 aliphatic carbocycles. The molecule has 1 fully saturated rings. The molecular formula is C19H20O4. The zero-order valence-electron chi connectivity index (χ0n) is 13.6. The van der Waals surface area contributed by atoms with Gasteiger partial charge in [-0.1, -0.05) is 18.2 Å². The topological polar surface area (TPSA) is 56.5 Å². The fourth-order valence-corrected chi connectivity index (χ4v) is 2.55. The molecule has 0 atom stereocenters. The molecule has 120 valence electrons. The van der Waals surface area contributed by atoms with Crippen LogP contribution in [0.4, 0.5) is 0 Å². The lowest BCUT2D eigenvalue weighted by Gasteiger charge is -2.18. The minimum atomic E-state index is -0.536. The van der Waals surface area contributed by atoms with Gasteiger partial charge in [-0.05, 0) is 51.1 Å². The standard InChI is InChI=1S/C19H20O4/c1-19(2,3)23-16(20)11-10-14-13-6-4-5-7-15(13)18(21)22-17(14)12-8-9-12/h4-7,10-12H,8-9H2,1-3H3/b11-10+. The van der Waals surface area contributed by atoms with Crippen LogP contribution in [0.25, 0.3) is 16.8 Å². The number of hydrogen-bond donors (Lipinski definition) is 0. The summed E-state index contributed by atoms with van der Waals surface area (Å²) in [5, 5.41) is 1.34. The van der Waals surface area contributed by atoms with Crippen molar-refractivity contribution in [3.63, 3.8) is 0 Å². The fraction of sp³-hybridized carbons (Fsp3) is 0.368. The van der Waals surface area contributed by atoms with E-state index in [0.717, 1.165) is 23.8 Å². The monoisotopic (exact) mass is 312 g/mol. The zero-order chi connectivity index (χ0) is 16.6. The Morgan fingerprint density at radius 2 is 1.87 bits per heavy atom. The molecule has 1 heterocycles. The van der Waals surface area contributed by atoms with Gasteiger partial charge in [-0.2, -0.15) is 0 Å². The fourth-order valence-electron chi connectivity index (χ4n) is 2.55. The molecule has 0 amide bonds. The van der Waals surface area contributed by atoms with Crippen LogP contribution in [0.5, 0.6) is 0 Å². The van der Waals surface area contributed by atoms with Gasteiger partial charge in [0.05, 0.1) is 5.39 Å². The van der Waals surface area contributed by atoms with E-state index in [1.54, 1.807) is 18.2 Å². The number of benzene rings is 1. The summed E-state index contributed by atoms with van der Waals surface area (Å²) in [4.78, 5) is 24.1. The van der Waals surface area contributed by atoms with E-state index in [4.69, 9.17) is 9.15 Å². The summed E-state index contributed by atoms with van der Waals surface area (Å²) in [5.74, 6) is 0.536. The summed E-state index contributed by atoms with van der Waals surface area (Å²) in [6.45, 7) is 5.47. The molecule has 0 spiro atoms. The molecule has 0 N–H and O–H groups in total. The Labute approximate surface area is 134 Å². The second-order valence-electron chi connectivity index (χ2n) is 6.85. The average Bonchev–Trinajstić information content (AvgIpc) is 3.29. The molecule has 0 saturated heterocycles. The highest BCUT2D eigenvalue weighted by atomic mass is 16.6. The molecule has 4 heteroatoms. The molecule has 4 nitrogen and oxygen atoms in total. The van der Waals surface area contributed by atoms with E-state index in [2.05, 4.69) is 0 Å². The predicted octanol–water partition coefficient (Wildman–Crippen LogP) is 4.03. The Hall–Kier alpha value is -2.36. The number of fused-ring (bicyclic) bond motifs is 1. The smallest absolute Gasteiger partial charge is 0.343 e. The molecule has 0 unspecified atom stereocenters. The van der Waals surface area contributed by atoms with Gasteiger partial charge in [0.1, 0.15) is 11.4 Å². The number of esters is 1. The van der Waals surface area contributed by atoms with Gasteiger partial charge in [-0.25, -0.2) is 9.59 Å². The van der Waals surface area contributed by atoms with E-state index >= 15 is 0 Å². The predicted molar refractivity (Wildman–Crippen MR) is 89.3 cm³/mol. The van der Waals surface area contributed by atoms with E-state index < -0.39 is 11.6 Å². The number of ether oxygens (including phenoxy) is 1. The Balaban J connectivity index is 2.05. The van der Waals surface area contributed by atoms with E-state index in [1.807, 2.05) is 32.9 Å². The third kappa shape index (κ3) is 3.52. The van der Waals surface area contributed by atoms with Gasteiger partial charge in [-0.15, -0.1) is 0 Å². The van der Waals surface area contributed by atoms with Crippen molar-refractivity contribution in [3.05, 3.63) is 52.1 Å². The van der Waals surface area contributed by atoms with Crippen LogP contribution in [-0.2, 0) is 9.53 Å². The number of rotatable bonds is 3. The van der Waals surface area contributed by atoms with Crippen LogP contribution >= 0.6 is 0 Å². The van der Waals surface area contributed by atoms with Gasteiger partial charge in [0.15, 0.2) is 0 Å². The van der Waals surface area contributed by atoms with Gasteiger partial charge < -0.3 is 9.15 Å². The van der Waals surface area contributed by atoms with Crippen molar-refractivity contribution in [2.24, 2.45) is 0 Å². The van der Waals surface area contributed by atoms with Crippen LogP contribution in [0, 0.1) is 0 Å². The Bertz CT molecular complexity index is 833. The molecule has 3 rings (SSSR count). The van der Waals surface area contributed by atoms with Gasteiger partial charge in [0, 0.05) is 17.6 Å². The second kappa shape index (κ2) is 5.69. The van der Waals surface area contributed by atoms with Crippen molar-refractivity contribution >= 4 is 22.8 Å². The molecule has 23 heavy (non-hydrogen) atoms. The minimum Gasteiger partial charge on any atom is -0.457 e. The summed E-state index contributed by atoms with van der Waals surface area (Å²) in [5.41, 5.74) is -0.0584. The molecule has 0 radical (unpaired) electrons. The first kappa shape index (κ1) is 15.5. The first-order chi connectivity index (χ1) is 10.8. The quantitative estimate of drug-likeness (QED) is 0.634. The van der Waals surface area contributed by atoms with E-state index in [-0.39, 0.29) is 11.5 Å². The summed E-state index contributed by atoms with van der Waals surface area (Å²) in [6.07, 6.45) is 5.12. The lowest BCUT2D eigenvalue weighted by atomic mass is 10.0. The highest BCUT2D eigenvalue weighted by molar-refractivity contribution is 5.95. The SMILES string of the molecule is CC(C)(C)OC(=O)/C=C/c1c(C2CC2)oc(=O)c2ccccc12. The first-order valence-corrected chi connectivity index (χ1v) is 7.82. The molecule has 2 aromatic rings. The first-order valence-electron chi connectivity index (χ1n) is 7.82. The molecule has 1 saturated carbocycles. The molecule has 1 aliphatic rings. The zero-order valence-corrected chi connectivity index (χ0v) is 13.6. The van der Waals surface area contributed by atoms with Crippen LogP contribution in [0.2, 0.25) is 0 Å². The van der Waals surface area contributed by atoms with Crippen LogP contribution in [-0.4, -0.2) is 11.6 Å². The molecule has 1 aromatic carbocycles. The van der Waals surface area contributed by atoms with Crippen molar-refractivity contribution in [1.82, 2.24) is 0 Å². The summed E-state index contributed by atoms with van der Waals surface area (Å²) < 4.78 is 10.8. The van der Waals surface area contributed by atoms with Crippen molar-refractivity contribution in [2.75, 3.05) is 0 Å². The van der Waals surface area contributed by atoms with Crippen molar-refractivity contribution in [3.8, 4) is 0 Å². The maximum atomic E-state index is 12.1. The van der Waals surface area contributed by atoms with E-state index in [0.29, 0.717) is 11.1 Å². The molecule has 1 aromatic heterocycles. The van der Waals surface area contributed by atoms with Crippen molar-refractivity contribution in [1.29, 1.82) is 0 Å². The summed E-state index contributed by atoms with van der Waals surface area (Å²) >= 11 is 0. The minimum absolute atomic E-state index is 0.269. The maximum Gasteiger partial charge on any atom is 0.343 e. The Kier molecular flexibility index (Phi) is 3.84. The van der Waals surface area contributed by atoms with Crippen molar-refractivity contribution < 1.29 is 13.9 Å². The molecule has 0 bridgehead atoms. The lowest BCUT2D eigenvalue weighted by molar-refractivity contribution is -0.148. The van der Waals surface area contributed by atoms with Crippen molar-refractivity contribution in [2.45, 2.75) is 45.1 Å². The highest BCUT2D eigenvalue weighted by Gasteiger charge is 2.30. The number of carbonyl (C=O) groups excluding carboxylic acids is 1. The van der Waals surface area contributed by atoms with E-state index in [9.17, 15) is 9.59 Å². The molecule has 0 aliphatic heterocycles. The lowest BCUT2D eigenvalue weighted by Crippen LogP contribution is -2.22. The number of carbonyl (C=O) groups is 1. The Morgan fingerprint density at radius 3 is 2.48 bits per heavy atom. The van der Waals surface area contributed by atoms with Crippen LogP contribution in [0.3, 0.4) is 0 Å².